The Kier molecular flexibility index (Phi) is 9.14. The highest BCUT2D eigenvalue weighted by atomic mass is 16.5. The molecule has 3 aromatic rings. The molecule has 0 aromatic heterocycles. The van der Waals surface area contributed by atoms with Crippen LogP contribution in [0.3, 0.4) is 0 Å². The van der Waals surface area contributed by atoms with Crippen molar-refractivity contribution in [2.24, 2.45) is 0 Å². The van der Waals surface area contributed by atoms with Crippen molar-refractivity contribution in [2.75, 3.05) is 27.9 Å². The van der Waals surface area contributed by atoms with Gasteiger partial charge in [-0.3, -0.25) is 4.79 Å². The molecule has 0 saturated carbocycles. The Hall–Kier alpha value is -4.44. The maximum absolute atomic E-state index is 12.6. The molecule has 1 amide bonds. The summed E-state index contributed by atoms with van der Waals surface area (Å²) in [5, 5.41) is 12.3. The number of amides is 1. The van der Waals surface area contributed by atoms with Crippen molar-refractivity contribution in [2.45, 2.75) is 13.0 Å². The van der Waals surface area contributed by atoms with Crippen molar-refractivity contribution in [3.63, 3.8) is 0 Å². The zero-order chi connectivity index (χ0) is 25.0. The second-order valence-corrected chi connectivity index (χ2v) is 7.55. The molecule has 0 aliphatic carbocycles. The number of nitrogens with zero attached hydrogens (tertiary/aromatic N) is 1. The number of ether oxygens (including phenoxy) is 4. The summed E-state index contributed by atoms with van der Waals surface area (Å²) in [6, 6.07) is 22.6. The molecule has 0 saturated heterocycles. The number of rotatable bonds is 11. The summed E-state index contributed by atoms with van der Waals surface area (Å²) in [6.07, 6.45) is 2.10. The maximum Gasteiger partial charge on any atom is 0.261 e. The van der Waals surface area contributed by atoms with Crippen LogP contribution in [0.25, 0.3) is 6.08 Å². The van der Waals surface area contributed by atoms with Gasteiger partial charge in [0.2, 0.25) is 0 Å². The summed E-state index contributed by atoms with van der Waals surface area (Å²) in [5.41, 5.74) is 2.66. The van der Waals surface area contributed by atoms with Gasteiger partial charge in [0.05, 0.1) is 21.3 Å². The highest BCUT2D eigenvalue weighted by Crippen LogP contribution is 2.30. The van der Waals surface area contributed by atoms with Crippen LogP contribution in [0.5, 0.6) is 23.0 Å². The van der Waals surface area contributed by atoms with Crippen molar-refractivity contribution in [3.05, 3.63) is 89.0 Å². The van der Waals surface area contributed by atoms with Gasteiger partial charge in [-0.15, -0.1) is 0 Å². The number of nitriles is 1. The molecule has 35 heavy (non-hydrogen) atoms. The Labute approximate surface area is 205 Å². The van der Waals surface area contributed by atoms with E-state index in [1.807, 2.05) is 54.6 Å². The molecule has 0 unspecified atom stereocenters. The molecule has 0 heterocycles. The molecule has 7 nitrogen and oxygen atoms in total. The quantitative estimate of drug-likeness (QED) is 0.325. The first-order valence-electron chi connectivity index (χ1n) is 11.0. The van der Waals surface area contributed by atoms with Gasteiger partial charge < -0.3 is 24.3 Å². The van der Waals surface area contributed by atoms with E-state index in [4.69, 9.17) is 18.9 Å². The minimum atomic E-state index is -0.448. The number of carbonyl (C=O) groups is 1. The summed E-state index contributed by atoms with van der Waals surface area (Å²) in [6.45, 7) is 0.765. The van der Waals surface area contributed by atoms with Crippen LogP contribution in [-0.2, 0) is 17.8 Å². The first kappa shape index (κ1) is 25.2. The molecule has 0 aliphatic heterocycles. The fraction of sp³-hybridized carbons (Fsp3) is 0.214. The van der Waals surface area contributed by atoms with Gasteiger partial charge in [-0.25, -0.2) is 0 Å². The molecule has 7 heteroatoms. The Morgan fingerprint density at radius 3 is 2.23 bits per heavy atom. The third-order valence-corrected chi connectivity index (χ3v) is 5.25. The van der Waals surface area contributed by atoms with E-state index in [0.29, 0.717) is 48.1 Å². The molecule has 3 rings (SSSR count). The van der Waals surface area contributed by atoms with Gasteiger partial charge in [-0.1, -0.05) is 42.5 Å². The van der Waals surface area contributed by atoms with E-state index in [1.54, 1.807) is 39.5 Å². The monoisotopic (exact) mass is 472 g/mol. The van der Waals surface area contributed by atoms with E-state index < -0.39 is 5.91 Å². The Bertz CT molecular complexity index is 1220. The van der Waals surface area contributed by atoms with Crippen molar-refractivity contribution < 1.29 is 23.7 Å². The molecule has 0 radical (unpaired) electrons. The topological polar surface area (TPSA) is 89.8 Å². The lowest BCUT2D eigenvalue weighted by Crippen LogP contribution is -2.26. The fourth-order valence-electron chi connectivity index (χ4n) is 3.40. The molecule has 0 atom stereocenters. The van der Waals surface area contributed by atoms with Crippen LogP contribution in [0, 0.1) is 11.3 Å². The smallest absolute Gasteiger partial charge is 0.261 e. The molecular weight excluding hydrogens is 444 g/mol. The van der Waals surface area contributed by atoms with Crippen molar-refractivity contribution in [1.82, 2.24) is 5.32 Å². The molecule has 0 fully saturated rings. The average molecular weight is 473 g/mol. The van der Waals surface area contributed by atoms with E-state index in [9.17, 15) is 10.1 Å². The minimum Gasteiger partial charge on any atom is -0.493 e. The summed E-state index contributed by atoms with van der Waals surface area (Å²) >= 11 is 0. The molecule has 0 spiro atoms. The van der Waals surface area contributed by atoms with Crippen LogP contribution in [0.15, 0.2) is 72.3 Å². The largest absolute Gasteiger partial charge is 0.493 e. The number of carbonyl (C=O) groups excluding carboxylic acids is 1. The minimum absolute atomic E-state index is 0.00248. The molecule has 1 N–H and O–H groups in total. The average Bonchev–Trinajstić information content (AvgIpc) is 2.91. The van der Waals surface area contributed by atoms with Gasteiger partial charge in [-0.05, 0) is 53.5 Å². The Morgan fingerprint density at radius 2 is 1.54 bits per heavy atom. The third-order valence-electron chi connectivity index (χ3n) is 5.25. The molecule has 3 aromatic carbocycles. The van der Waals surface area contributed by atoms with Gasteiger partial charge in [0.25, 0.3) is 5.91 Å². The number of hydrogen-bond donors (Lipinski definition) is 1. The third kappa shape index (κ3) is 7.02. The Morgan fingerprint density at radius 1 is 0.857 bits per heavy atom. The number of benzene rings is 3. The lowest BCUT2D eigenvalue weighted by molar-refractivity contribution is -0.117. The van der Waals surface area contributed by atoms with Crippen molar-refractivity contribution in [3.8, 4) is 29.1 Å². The second kappa shape index (κ2) is 12.7. The van der Waals surface area contributed by atoms with Crippen LogP contribution >= 0.6 is 0 Å². The zero-order valence-corrected chi connectivity index (χ0v) is 20.0. The summed E-state index contributed by atoms with van der Waals surface area (Å²) in [5.74, 6) is 1.91. The lowest BCUT2D eigenvalue weighted by atomic mass is 10.1. The van der Waals surface area contributed by atoms with Crippen LogP contribution in [0.1, 0.15) is 16.7 Å². The van der Waals surface area contributed by atoms with Crippen LogP contribution in [0.2, 0.25) is 0 Å². The zero-order valence-electron chi connectivity index (χ0n) is 20.0. The van der Waals surface area contributed by atoms with Gasteiger partial charge in [0, 0.05) is 6.54 Å². The van der Waals surface area contributed by atoms with Crippen LogP contribution in [0.4, 0.5) is 0 Å². The number of hydrogen-bond acceptors (Lipinski definition) is 6. The van der Waals surface area contributed by atoms with Gasteiger partial charge in [-0.2, -0.15) is 5.26 Å². The van der Waals surface area contributed by atoms with Gasteiger partial charge in [0.15, 0.2) is 23.0 Å². The number of nitrogens with one attached hydrogen (secondary N) is 1. The van der Waals surface area contributed by atoms with E-state index in [2.05, 4.69) is 5.32 Å². The molecule has 180 valence electrons. The van der Waals surface area contributed by atoms with E-state index in [1.165, 1.54) is 6.08 Å². The first-order valence-corrected chi connectivity index (χ1v) is 11.0. The summed E-state index contributed by atoms with van der Waals surface area (Å²) < 4.78 is 21.9. The second-order valence-electron chi connectivity index (χ2n) is 7.55. The summed E-state index contributed by atoms with van der Waals surface area (Å²) in [4.78, 5) is 12.6. The van der Waals surface area contributed by atoms with Crippen molar-refractivity contribution >= 4 is 12.0 Å². The van der Waals surface area contributed by atoms with E-state index in [-0.39, 0.29) is 5.57 Å². The van der Waals surface area contributed by atoms with E-state index in [0.717, 1.165) is 11.1 Å². The molecule has 0 aliphatic rings. The van der Waals surface area contributed by atoms with Crippen molar-refractivity contribution in [1.29, 1.82) is 5.26 Å². The molecular formula is C28H28N2O5. The highest BCUT2D eigenvalue weighted by Gasteiger charge is 2.11. The van der Waals surface area contributed by atoms with Crippen LogP contribution in [-0.4, -0.2) is 33.8 Å². The predicted octanol–water partition coefficient (Wildman–Crippen LogP) is 4.56. The predicted molar refractivity (Wildman–Crippen MR) is 134 cm³/mol. The SMILES string of the molecule is COc1ccc(CCNC(=O)/C(C#N)=C\c2ccc(OCc3ccccc3)c(OC)c2)cc1OC. The maximum atomic E-state index is 12.6. The normalized spacial score (nSPS) is 10.7. The highest BCUT2D eigenvalue weighted by molar-refractivity contribution is 6.01. The van der Waals surface area contributed by atoms with E-state index >= 15 is 0 Å². The fourth-order valence-corrected chi connectivity index (χ4v) is 3.40. The standard InChI is InChI=1S/C28H28N2O5/c1-32-24-11-9-20(16-26(24)33-2)13-14-30-28(31)23(18-29)15-22-10-12-25(27(17-22)34-3)35-19-21-7-5-4-6-8-21/h4-12,15-17H,13-14,19H2,1-3H3,(H,30,31)/b23-15-. The Balaban J connectivity index is 1.62. The molecule has 0 bridgehead atoms. The first-order chi connectivity index (χ1) is 17.1. The lowest BCUT2D eigenvalue weighted by Gasteiger charge is -2.12. The number of methoxy groups -OCH3 is 3. The van der Waals surface area contributed by atoms with Crippen LogP contribution < -0.4 is 24.3 Å². The van der Waals surface area contributed by atoms with Gasteiger partial charge in [0.1, 0.15) is 18.2 Å². The summed E-state index contributed by atoms with van der Waals surface area (Å²) in [7, 11) is 4.70. The van der Waals surface area contributed by atoms with Gasteiger partial charge >= 0.3 is 0 Å².